The molecule has 1 saturated heterocycles. The standard InChI is InChI=1S/C13H20N2O3/c1-10-12(14-9-18-10)8-15-6-4-3-5-11(15)7-13(16)17-2/h9,11H,3-8H2,1-2H3. The molecule has 2 heterocycles. The lowest BCUT2D eigenvalue weighted by Gasteiger charge is -2.34. The highest BCUT2D eigenvalue weighted by molar-refractivity contribution is 5.69. The van der Waals surface area contributed by atoms with E-state index in [-0.39, 0.29) is 12.0 Å². The highest BCUT2D eigenvalue weighted by Gasteiger charge is 2.26. The van der Waals surface area contributed by atoms with Crippen LogP contribution in [0.25, 0.3) is 0 Å². The first kappa shape index (κ1) is 13.1. The summed E-state index contributed by atoms with van der Waals surface area (Å²) < 4.78 is 9.97. The quantitative estimate of drug-likeness (QED) is 0.766. The summed E-state index contributed by atoms with van der Waals surface area (Å²) in [4.78, 5) is 17.9. The molecule has 1 fully saturated rings. The number of carbonyl (C=O) groups is 1. The minimum atomic E-state index is -0.135. The Balaban J connectivity index is 1.99. The van der Waals surface area contributed by atoms with Crippen LogP contribution >= 0.6 is 0 Å². The maximum absolute atomic E-state index is 11.4. The van der Waals surface area contributed by atoms with E-state index in [0.29, 0.717) is 6.42 Å². The van der Waals surface area contributed by atoms with Crippen LogP contribution in [0.2, 0.25) is 0 Å². The number of rotatable bonds is 4. The average molecular weight is 252 g/mol. The zero-order valence-corrected chi connectivity index (χ0v) is 11.0. The fraction of sp³-hybridized carbons (Fsp3) is 0.692. The molecule has 18 heavy (non-hydrogen) atoms. The van der Waals surface area contributed by atoms with Gasteiger partial charge in [-0.2, -0.15) is 0 Å². The number of oxazole rings is 1. The number of methoxy groups -OCH3 is 1. The van der Waals surface area contributed by atoms with E-state index in [1.165, 1.54) is 26.3 Å². The summed E-state index contributed by atoms with van der Waals surface area (Å²) in [5, 5.41) is 0. The number of aryl methyl sites for hydroxylation is 1. The minimum Gasteiger partial charge on any atom is -0.469 e. The van der Waals surface area contributed by atoms with Crippen molar-refractivity contribution in [2.24, 2.45) is 0 Å². The Morgan fingerprint density at radius 2 is 2.44 bits per heavy atom. The number of nitrogens with zero attached hydrogens (tertiary/aromatic N) is 2. The van der Waals surface area contributed by atoms with E-state index in [4.69, 9.17) is 9.15 Å². The molecule has 100 valence electrons. The van der Waals surface area contributed by atoms with Crippen molar-refractivity contribution >= 4 is 5.97 Å². The molecule has 1 aromatic rings. The number of aromatic nitrogens is 1. The van der Waals surface area contributed by atoms with Gasteiger partial charge >= 0.3 is 5.97 Å². The van der Waals surface area contributed by atoms with Crippen molar-refractivity contribution in [2.75, 3.05) is 13.7 Å². The molecule has 1 aliphatic heterocycles. The van der Waals surface area contributed by atoms with Gasteiger partial charge in [-0.1, -0.05) is 6.42 Å². The number of ether oxygens (including phenoxy) is 1. The number of piperidine rings is 1. The second kappa shape index (κ2) is 6.00. The fourth-order valence-corrected chi connectivity index (χ4v) is 2.45. The summed E-state index contributed by atoms with van der Waals surface area (Å²) in [7, 11) is 1.44. The summed E-state index contributed by atoms with van der Waals surface area (Å²) in [6.45, 7) is 3.68. The number of carbonyl (C=O) groups excluding carboxylic acids is 1. The van der Waals surface area contributed by atoms with Crippen molar-refractivity contribution in [1.82, 2.24) is 9.88 Å². The van der Waals surface area contributed by atoms with Crippen LogP contribution in [0.4, 0.5) is 0 Å². The molecule has 0 radical (unpaired) electrons. The van der Waals surface area contributed by atoms with Gasteiger partial charge in [-0.25, -0.2) is 4.98 Å². The topological polar surface area (TPSA) is 55.6 Å². The lowest BCUT2D eigenvalue weighted by molar-refractivity contribution is -0.142. The van der Waals surface area contributed by atoms with Crippen molar-refractivity contribution in [2.45, 2.75) is 45.2 Å². The second-order valence-corrected chi connectivity index (χ2v) is 4.76. The highest BCUT2D eigenvalue weighted by atomic mass is 16.5. The van der Waals surface area contributed by atoms with E-state index in [1.807, 2.05) is 6.92 Å². The molecule has 1 atom stereocenters. The first-order valence-corrected chi connectivity index (χ1v) is 6.40. The maximum atomic E-state index is 11.4. The molecule has 5 heteroatoms. The predicted octanol–water partition coefficient (Wildman–Crippen LogP) is 1.90. The largest absolute Gasteiger partial charge is 0.469 e. The van der Waals surface area contributed by atoms with Crippen molar-refractivity contribution in [3.8, 4) is 0 Å². The zero-order chi connectivity index (χ0) is 13.0. The van der Waals surface area contributed by atoms with E-state index in [9.17, 15) is 4.79 Å². The minimum absolute atomic E-state index is 0.135. The first-order valence-electron chi connectivity index (χ1n) is 6.40. The lowest BCUT2D eigenvalue weighted by Crippen LogP contribution is -2.40. The van der Waals surface area contributed by atoms with Gasteiger partial charge in [0.15, 0.2) is 6.39 Å². The van der Waals surface area contributed by atoms with Gasteiger partial charge < -0.3 is 9.15 Å². The van der Waals surface area contributed by atoms with Crippen LogP contribution in [0.1, 0.15) is 37.1 Å². The lowest BCUT2D eigenvalue weighted by atomic mass is 9.99. The number of likely N-dealkylation sites (tertiary alicyclic amines) is 1. The first-order chi connectivity index (χ1) is 8.70. The van der Waals surface area contributed by atoms with E-state index in [2.05, 4.69) is 9.88 Å². The molecule has 0 saturated carbocycles. The zero-order valence-electron chi connectivity index (χ0n) is 11.0. The fourth-order valence-electron chi connectivity index (χ4n) is 2.45. The molecule has 5 nitrogen and oxygen atoms in total. The molecule has 0 aromatic carbocycles. The van der Waals surface area contributed by atoms with Crippen LogP contribution < -0.4 is 0 Å². The maximum Gasteiger partial charge on any atom is 0.307 e. The van der Waals surface area contributed by atoms with Gasteiger partial charge in [-0.3, -0.25) is 9.69 Å². The Morgan fingerprint density at radius 1 is 1.61 bits per heavy atom. The van der Waals surface area contributed by atoms with Gasteiger partial charge in [0.05, 0.1) is 19.2 Å². The summed E-state index contributed by atoms with van der Waals surface area (Å²) in [6.07, 6.45) is 5.34. The summed E-state index contributed by atoms with van der Waals surface area (Å²) in [5.41, 5.74) is 0.965. The van der Waals surface area contributed by atoms with E-state index in [1.54, 1.807) is 0 Å². The third-order valence-corrected chi connectivity index (χ3v) is 3.58. The Kier molecular flexibility index (Phi) is 4.36. The molecule has 0 bridgehead atoms. The highest BCUT2D eigenvalue weighted by Crippen LogP contribution is 2.22. The number of hydrogen-bond acceptors (Lipinski definition) is 5. The normalized spacial score (nSPS) is 20.9. The molecular weight excluding hydrogens is 232 g/mol. The van der Waals surface area contributed by atoms with E-state index >= 15 is 0 Å². The smallest absolute Gasteiger partial charge is 0.307 e. The molecule has 1 aromatic heterocycles. The van der Waals surface area contributed by atoms with Crippen LogP contribution in [0.3, 0.4) is 0 Å². The van der Waals surface area contributed by atoms with Crippen LogP contribution in [0, 0.1) is 6.92 Å². The van der Waals surface area contributed by atoms with Gasteiger partial charge in [0.2, 0.25) is 0 Å². The third-order valence-electron chi connectivity index (χ3n) is 3.58. The van der Waals surface area contributed by atoms with E-state index in [0.717, 1.165) is 31.0 Å². The monoisotopic (exact) mass is 252 g/mol. The van der Waals surface area contributed by atoms with Gasteiger partial charge in [0.1, 0.15) is 5.76 Å². The second-order valence-electron chi connectivity index (χ2n) is 4.76. The van der Waals surface area contributed by atoms with Crippen molar-refractivity contribution in [1.29, 1.82) is 0 Å². The van der Waals surface area contributed by atoms with Gasteiger partial charge in [-0.05, 0) is 26.3 Å². The Bertz CT molecular complexity index is 403. The summed E-state index contributed by atoms with van der Waals surface area (Å²) >= 11 is 0. The Hall–Kier alpha value is -1.36. The van der Waals surface area contributed by atoms with Crippen molar-refractivity contribution in [3.63, 3.8) is 0 Å². The molecular formula is C13H20N2O3. The molecule has 1 unspecified atom stereocenters. The van der Waals surface area contributed by atoms with Crippen LogP contribution in [-0.2, 0) is 16.1 Å². The van der Waals surface area contributed by atoms with Crippen LogP contribution in [0.5, 0.6) is 0 Å². The third kappa shape index (κ3) is 3.10. The number of hydrogen-bond donors (Lipinski definition) is 0. The molecule has 2 rings (SSSR count). The van der Waals surface area contributed by atoms with Crippen molar-refractivity contribution < 1.29 is 13.9 Å². The molecule has 0 spiro atoms. The van der Waals surface area contributed by atoms with Crippen LogP contribution in [0.15, 0.2) is 10.8 Å². The SMILES string of the molecule is COC(=O)CC1CCCCN1Cc1ncoc1C. The molecule has 0 amide bonds. The molecule has 0 N–H and O–H groups in total. The molecule has 1 aliphatic rings. The predicted molar refractivity (Wildman–Crippen MR) is 65.9 cm³/mol. The summed E-state index contributed by atoms with van der Waals surface area (Å²) in [6, 6.07) is 0.266. The van der Waals surface area contributed by atoms with Crippen molar-refractivity contribution in [3.05, 3.63) is 17.8 Å². The Labute approximate surface area is 107 Å². The van der Waals surface area contributed by atoms with Gasteiger partial charge in [-0.15, -0.1) is 0 Å². The van der Waals surface area contributed by atoms with Crippen LogP contribution in [-0.4, -0.2) is 35.5 Å². The number of esters is 1. The van der Waals surface area contributed by atoms with E-state index < -0.39 is 0 Å². The Morgan fingerprint density at radius 3 is 3.11 bits per heavy atom. The average Bonchev–Trinajstić information content (AvgIpc) is 2.77. The summed E-state index contributed by atoms with van der Waals surface area (Å²) in [5.74, 6) is 0.723. The van der Waals surface area contributed by atoms with Gasteiger partial charge in [0.25, 0.3) is 0 Å². The molecule has 0 aliphatic carbocycles. The van der Waals surface area contributed by atoms with Gasteiger partial charge in [0, 0.05) is 12.6 Å².